The molecule has 5 rings (SSSR count). The van der Waals surface area contributed by atoms with Crippen LogP contribution in [0.4, 0.5) is 26.3 Å². The number of amides is 1. The molecule has 5 nitrogen and oxygen atoms in total. The van der Waals surface area contributed by atoms with Crippen molar-refractivity contribution in [3.63, 3.8) is 0 Å². The van der Waals surface area contributed by atoms with Gasteiger partial charge in [-0.1, -0.05) is 54.6 Å². The number of hydrogen-bond donors (Lipinski definition) is 0. The summed E-state index contributed by atoms with van der Waals surface area (Å²) >= 11 is 0. The van der Waals surface area contributed by atoms with Crippen LogP contribution < -0.4 is 5.56 Å². The largest absolute Gasteiger partial charge is 0.416 e. The summed E-state index contributed by atoms with van der Waals surface area (Å²) in [6.45, 7) is 4.97. The Labute approximate surface area is 254 Å². The van der Waals surface area contributed by atoms with Gasteiger partial charge >= 0.3 is 12.4 Å². The zero-order valence-corrected chi connectivity index (χ0v) is 24.4. The molecule has 5 aromatic rings. The predicted molar refractivity (Wildman–Crippen MR) is 158 cm³/mol. The van der Waals surface area contributed by atoms with Gasteiger partial charge in [0, 0.05) is 12.1 Å². The number of nitrogens with zero attached hydrogens (tertiary/aromatic N) is 3. The monoisotopic (exact) mass is 623 g/mol. The van der Waals surface area contributed by atoms with E-state index in [1.54, 1.807) is 67.6 Å². The van der Waals surface area contributed by atoms with Crippen molar-refractivity contribution < 1.29 is 31.1 Å². The Bertz CT molecular complexity index is 1920. The number of hydrogen-bond acceptors (Lipinski definition) is 3. The number of carbonyl (C=O) groups excluding carboxylic acids is 1. The van der Waals surface area contributed by atoms with Crippen LogP contribution in [0.1, 0.15) is 57.0 Å². The number of halogens is 6. The Balaban J connectivity index is 1.76. The Hall–Kier alpha value is -4.93. The fraction of sp³-hybridized carbons (Fsp3) is 0.206. The molecular formula is C34H27F6N3O2. The molecule has 0 radical (unpaired) electrons. The van der Waals surface area contributed by atoms with Crippen LogP contribution in [0, 0.1) is 13.8 Å². The lowest BCUT2D eigenvalue weighted by molar-refractivity contribution is -0.143. The van der Waals surface area contributed by atoms with Crippen LogP contribution in [-0.4, -0.2) is 20.4 Å². The van der Waals surface area contributed by atoms with Crippen molar-refractivity contribution in [1.82, 2.24) is 14.5 Å². The second-order valence-corrected chi connectivity index (χ2v) is 10.8. The van der Waals surface area contributed by atoms with Crippen molar-refractivity contribution in [3.05, 3.63) is 141 Å². The fourth-order valence-corrected chi connectivity index (χ4v) is 5.17. The van der Waals surface area contributed by atoms with E-state index < -0.39 is 46.6 Å². The van der Waals surface area contributed by atoms with E-state index in [4.69, 9.17) is 4.98 Å². The van der Waals surface area contributed by atoms with Crippen LogP contribution in [0.5, 0.6) is 0 Å². The third kappa shape index (κ3) is 6.47. The standard InChI is InChI=1S/C34H27F6N3O2/c1-20-13-14-21(2)29(15-20)43-30(41-28-12-8-7-11-27(28)32(43)45)22(3)42(19-23-9-5-4-6-10-23)31(44)24-16-25(33(35,36)37)18-26(17-24)34(38,39)40/h4-18,22H,19H2,1-3H3. The lowest BCUT2D eigenvalue weighted by atomic mass is 10.0. The highest BCUT2D eigenvalue weighted by atomic mass is 19.4. The van der Waals surface area contributed by atoms with Gasteiger partial charge in [0.15, 0.2) is 0 Å². The first kappa shape index (κ1) is 31.5. The van der Waals surface area contributed by atoms with Crippen LogP contribution in [-0.2, 0) is 18.9 Å². The summed E-state index contributed by atoms with van der Waals surface area (Å²) in [6, 6.07) is 20.2. The highest BCUT2D eigenvalue weighted by Crippen LogP contribution is 2.37. The summed E-state index contributed by atoms with van der Waals surface area (Å²) < 4.78 is 83.8. The van der Waals surface area contributed by atoms with E-state index in [9.17, 15) is 35.9 Å². The van der Waals surface area contributed by atoms with E-state index in [0.29, 0.717) is 39.8 Å². The molecule has 1 aromatic heterocycles. The molecule has 45 heavy (non-hydrogen) atoms. The smallest absolute Gasteiger partial charge is 0.324 e. The SMILES string of the molecule is Cc1ccc(C)c(-n2c(C(C)N(Cc3ccccc3)C(=O)c3cc(C(F)(F)F)cc(C(F)(F)F)c3)nc3ccccc3c2=O)c1. The average Bonchev–Trinajstić information content (AvgIpc) is 3.00. The molecule has 0 aliphatic heterocycles. The molecule has 0 spiro atoms. The number of benzene rings is 4. The molecule has 0 N–H and O–H groups in total. The van der Waals surface area contributed by atoms with Gasteiger partial charge in [-0.25, -0.2) is 4.98 Å². The molecule has 0 saturated heterocycles. The number of alkyl halides is 6. The Morgan fingerprint density at radius 2 is 1.42 bits per heavy atom. The third-order valence-corrected chi connectivity index (χ3v) is 7.54. The number of aryl methyl sites for hydroxylation is 2. The quantitative estimate of drug-likeness (QED) is 0.179. The molecule has 1 heterocycles. The summed E-state index contributed by atoms with van der Waals surface area (Å²) in [7, 11) is 0. The van der Waals surface area contributed by atoms with Gasteiger partial charge in [-0.2, -0.15) is 26.3 Å². The Kier molecular flexibility index (Phi) is 8.31. The van der Waals surface area contributed by atoms with E-state index in [-0.39, 0.29) is 18.4 Å². The first-order valence-electron chi connectivity index (χ1n) is 13.9. The van der Waals surface area contributed by atoms with Gasteiger partial charge < -0.3 is 4.90 Å². The molecule has 232 valence electrons. The van der Waals surface area contributed by atoms with E-state index in [1.807, 2.05) is 19.1 Å². The fourth-order valence-electron chi connectivity index (χ4n) is 5.17. The Morgan fingerprint density at radius 3 is 2.04 bits per heavy atom. The van der Waals surface area contributed by atoms with Crippen molar-refractivity contribution in [2.45, 2.75) is 45.7 Å². The zero-order chi connectivity index (χ0) is 32.7. The van der Waals surface area contributed by atoms with Crippen LogP contribution in [0.3, 0.4) is 0 Å². The highest BCUT2D eigenvalue weighted by molar-refractivity contribution is 5.95. The first-order chi connectivity index (χ1) is 21.1. The number of aromatic nitrogens is 2. The predicted octanol–water partition coefficient (Wildman–Crippen LogP) is 8.44. The molecule has 0 fully saturated rings. The van der Waals surface area contributed by atoms with Gasteiger partial charge in [0.2, 0.25) is 0 Å². The summed E-state index contributed by atoms with van der Waals surface area (Å²) in [5.74, 6) is -1.02. The third-order valence-electron chi connectivity index (χ3n) is 7.54. The number of carbonyl (C=O) groups is 1. The molecule has 1 atom stereocenters. The summed E-state index contributed by atoms with van der Waals surface area (Å²) in [5.41, 5.74) is -1.57. The van der Waals surface area contributed by atoms with Gasteiger partial charge in [-0.05, 0) is 73.9 Å². The molecule has 0 saturated carbocycles. The molecule has 0 aliphatic carbocycles. The van der Waals surface area contributed by atoms with Gasteiger partial charge in [-0.15, -0.1) is 0 Å². The minimum atomic E-state index is -5.14. The van der Waals surface area contributed by atoms with Crippen LogP contribution >= 0.6 is 0 Å². The van der Waals surface area contributed by atoms with Crippen LogP contribution in [0.15, 0.2) is 95.8 Å². The van der Waals surface area contributed by atoms with Crippen molar-refractivity contribution in [2.24, 2.45) is 0 Å². The van der Waals surface area contributed by atoms with Crippen LogP contribution in [0.2, 0.25) is 0 Å². The summed E-state index contributed by atoms with van der Waals surface area (Å²) in [6.07, 6.45) is -10.3. The average molecular weight is 624 g/mol. The molecule has 0 aliphatic rings. The van der Waals surface area contributed by atoms with Gasteiger partial charge in [0.1, 0.15) is 5.82 Å². The number of rotatable bonds is 6. The highest BCUT2D eigenvalue weighted by Gasteiger charge is 2.38. The van der Waals surface area contributed by atoms with E-state index >= 15 is 0 Å². The van der Waals surface area contributed by atoms with E-state index in [1.165, 1.54) is 11.5 Å². The van der Waals surface area contributed by atoms with E-state index in [0.717, 1.165) is 10.5 Å². The normalized spacial score (nSPS) is 12.7. The molecule has 1 unspecified atom stereocenters. The van der Waals surface area contributed by atoms with Crippen molar-refractivity contribution in [2.75, 3.05) is 0 Å². The zero-order valence-electron chi connectivity index (χ0n) is 24.4. The molecular weight excluding hydrogens is 596 g/mol. The Morgan fingerprint density at radius 1 is 0.822 bits per heavy atom. The topological polar surface area (TPSA) is 55.2 Å². The van der Waals surface area contributed by atoms with Crippen LogP contribution in [0.25, 0.3) is 16.6 Å². The number of fused-ring (bicyclic) bond motifs is 1. The minimum absolute atomic E-state index is 0.0230. The molecule has 11 heteroatoms. The maximum Gasteiger partial charge on any atom is 0.416 e. The summed E-state index contributed by atoms with van der Waals surface area (Å²) in [5, 5.41) is 0.294. The first-order valence-corrected chi connectivity index (χ1v) is 13.9. The molecule has 1 amide bonds. The van der Waals surface area contributed by atoms with Gasteiger partial charge in [-0.3, -0.25) is 14.2 Å². The maximum atomic E-state index is 14.1. The lowest BCUT2D eigenvalue weighted by Crippen LogP contribution is -2.37. The molecule has 4 aromatic carbocycles. The van der Waals surface area contributed by atoms with E-state index in [2.05, 4.69) is 0 Å². The summed E-state index contributed by atoms with van der Waals surface area (Å²) in [4.78, 5) is 34.0. The van der Waals surface area contributed by atoms with Gasteiger partial charge in [0.05, 0.1) is 33.8 Å². The van der Waals surface area contributed by atoms with Crippen molar-refractivity contribution in [1.29, 1.82) is 0 Å². The maximum absolute atomic E-state index is 14.1. The van der Waals surface area contributed by atoms with Gasteiger partial charge in [0.25, 0.3) is 11.5 Å². The minimum Gasteiger partial charge on any atom is -0.324 e. The second-order valence-electron chi connectivity index (χ2n) is 10.8. The second kappa shape index (κ2) is 11.9. The van der Waals surface area contributed by atoms with Crippen molar-refractivity contribution in [3.8, 4) is 5.69 Å². The number of para-hydroxylation sites is 1. The lowest BCUT2D eigenvalue weighted by Gasteiger charge is -2.31. The molecule has 0 bridgehead atoms. The van der Waals surface area contributed by atoms with Crippen molar-refractivity contribution >= 4 is 16.8 Å².